The maximum Gasteiger partial charge on any atom is 0.134 e. The van der Waals surface area contributed by atoms with E-state index in [0.717, 1.165) is 25.7 Å². The second-order valence-corrected chi connectivity index (χ2v) is 3.12. The van der Waals surface area contributed by atoms with Crippen LogP contribution < -0.4 is 0 Å². The van der Waals surface area contributed by atoms with Crippen LogP contribution in [0.1, 0.15) is 25.7 Å². The topological polar surface area (TPSA) is 42.2 Å². The van der Waals surface area contributed by atoms with E-state index >= 15 is 0 Å². The molecule has 3 nitrogen and oxygen atoms in total. The standard InChI is InChI=1S/C9H15NO2/c1-11-8-3-2-4-9(7-8)12-6-5-10/h8-9H,2-4,6-7H2,1H3. The van der Waals surface area contributed by atoms with Gasteiger partial charge in [0, 0.05) is 7.11 Å². The monoisotopic (exact) mass is 169 g/mol. The van der Waals surface area contributed by atoms with E-state index in [0.29, 0.717) is 6.10 Å². The number of nitrogens with zero attached hydrogens (tertiary/aromatic N) is 1. The van der Waals surface area contributed by atoms with E-state index in [-0.39, 0.29) is 12.7 Å². The molecule has 2 atom stereocenters. The predicted octanol–water partition coefficient (Wildman–Crippen LogP) is 1.48. The molecule has 0 aromatic carbocycles. The van der Waals surface area contributed by atoms with Gasteiger partial charge in [-0.05, 0) is 25.7 Å². The van der Waals surface area contributed by atoms with Crippen LogP contribution in [-0.4, -0.2) is 25.9 Å². The first-order chi connectivity index (χ1) is 5.86. The largest absolute Gasteiger partial charge is 0.381 e. The van der Waals surface area contributed by atoms with Gasteiger partial charge in [-0.2, -0.15) is 5.26 Å². The van der Waals surface area contributed by atoms with Gasteiger partial charge in [0.15, 0.2) is 0 Å². The summed E-state index contributed by atoms with van der Waals surface area (Å²) in [6.07, 6.45) is 4.86. The van der Waals surface area contributed by atoms with Gasteiger partial charge in [0.25, 0.3) is 0 Å². The molecule has 68 valence electrons. The minimum absolute atomic E-state index is 0.209. The smallest absolute Gasteiger partial charge is 0.134 e. The maximum absolute atomic E-state index is 8.31. The second kappa shape index (κ2) is 5.13. The van der Waals surface area contributed by atoms with Crippen LogP contribution in [-0.2, 0) is 9.47 Å². The third-order valence-corrected chi connectivity index (χ3v) is 2.29. The Morgan fingerprint density at radius 2 is 2.17 bits per heavy atom. The first-order valence-corrected chi connectivity index (χ1v) is 4.38. The number of methoxy groups -OCH3 is 1. The van der Waals surface area contributed by atoms with Gasteiger partial charge in [-0.25, -0.2) is 0 Å². The number of hydrogen-bond donors (Lipinski definition) is 0. The highest BCUT2D eigenvalue weighted by molar-refractivity contribution is 4.76. The molecule has 0 bridgehead atoms. The van der Waals surface area contributed by atoms with E-state index in [1.807, 2.05) is 6.07 Å². The second-order valence-electron chi connectivity index (χ2n) is 3.12. The number of nitriles is 1. The summed E-state index contributed by atoms with van der Waals surface area (Å²) in [5.41, 5.74) is 0. The summed E-state index contributed by atoms with van der Waals surface area (Å²) < 4.78 is 10.6. The molecule has 12 heavy (non-hydrogen) atoms. The van der Waals surface area contributed by atoms with Crippen molar-refractivity contribution in [2.45, 2.75) is 37.9 Å². The lowest BCUT2D eigenvalue weighted by molar-refractivity contribution is -0.0192. The molecule has 1 saturated carbocycles. The lowest BCUT2D eigenvalue weighted by Crippen LogP contribution is -2.27. The average Bonchev–Trinajstić information content (AvgIpc) is 2.15. The van der Waals surface area contributed by atoms with Crippen LogP contribution in [0.5, 0.6) is 0 Å². The Bertz CT molecular complexity index is 164. The SMILES string of the molecule is COC1CCCC(OCC#N)C1. The number of hydrogen-bond acceptors (Lipinski definition) is 3. The molecule has 1 rings (SSSR count). The minimum atomic E-state index is 0.209. The molecule has 1 aliphatic rings. The molecule has 0 aromatic heterocycles. The quantitative estimate of drug-likeness (QED) is 0.642. The molecule has 0 N–H and O–H groups in total. The van der Waals surface area contributed by atoms with Gasteiger partial charge < -0.3 is 9.47 Å². The van der Waals surface area contributed by atoms with Crippen LogP contribution in [0, 0.1) is 11.3 Å². The normalized spacial score (nSPS) is 29.7. The van der Waals surface area contributed by atoms with E-state index in [1.165, 1.54) is 0 Å². The molecular formula is C9H15NO2. The van der Waals surface area contributed by atoms with Crippen LogP contribution in [0.25, 0.3) is 0 Å². The zero-order valence-electron chi connectivity index (χ0n) is 7.45. The Hall–Kier alpha value is -0.590. The van der Waals surface area contributed by atoms with Gasteiger partial charge in [-0.15, -0.1) is 0 Å². The Morgan fingerprint density at radius 3 is 2.83 bits per heavy atom. The first-order valence-electron chi connectivity index (χ1n) is 4.38. The van der Waals surface area contributed by atoms with Crippen molar-refractivity contribution in [1.29, 1.82) is 5.26 Å². The molecular weight excluding hydrogens is 154 g/mol. The van der Waals surface area contributed by atoms with Crippen LogP contribution in [0.15, 0.2) is 0 Å². The molecule has 0 heterocycles. The van der Waals surface area contributed by atoms with Gasteiger partial charge in [-0.3, -0.25) is 0 Å². The van der Waals surface area contributed by atoms with E-state index in [1.54, 1.807) is 7.11 Å². The summed E-state index contributed by atoms with van der Waals surface area (Å²) in [5, 5.41) is 8.31. The van der Waals surface area contributed by atoms with Crippen molar-refractivity contribution < 1.29 is 9.47 Å². The summed E-state index contributed by atoms with van der Waals surface area (Å²) in [6.45, 7) is 0.209. The molecule has 0 aromatic rings. The summed E-state index contributed by atoms with van der Waals surface area (Å²) in [7, 11) is 1.73. The highest BCUT2D eigenvalue weighted by atomic mass is 16.5. The Morgan fingerprint density at radius 1 is 1.42 bits per heavy atom. The van der Waals surface area contributed by atoms with Crippen molar-refractivity contribution in [2.24, 2.45) is 0 Å². The summed E-state index contributed by atoms with van der Waals surface area (Å²) in [5.74, 6) is 0. The van der Waals surface area contributed by atoms with Gasteiger partial charge in [0.1, 0.15) is 6.61 Å². The molecule has 1 fully saturated rings. The highest BCUT2D eigenvalue weighted by Gasteiger charge is 2.21. The lowest BCUT2D eigenvalue weighted by atomic mass is 9.95. The zero-order valence-corrected chi connectivity index (χ0v) is 7.45. The van der Waals surface area contributed by atoms with Crippen molar-refractivity contribution in [1.82, 2.24) is 0 Å². The van der Waals surface area contributed by atoms with Crippen LogP contribution >= 0.6 is 0 Å². The van der Waals surface area contributed by atoms with Crippen molar-refractivity contribution in [3.8, 4) is 6.07 Å². The minimum Gasteiger partial charge on any atom is -0.381 e. The van der Waals surface area contributed by atoms with Crippen LogP contribution in [0.2, 0.25) is 0 Å². The van der Waals surface area contributed by atoms with E-state index < -0.39 is 0 Å². The van der Waals surface area contributed by atoms with Crippen molar-refractivity contribution in [3.63, 3.8) is 0 Å². The molecule has 0 amide bonds. The fraction of sp³-hybridized carbons (Fsp3) is 0.889. The molecule has 0 aliphatic heterocycles. The fourth-order valence-corrected chi connectivity index (χ4v) is 1.62. The number of ether oxygens (including phenoxy) is 2. The summed E-state index contributed by atoms with van der Waals surface area (Å²) in [4.78, 5) is 0. The molecule has 3 heteroatoms. The fourth-order valence-electron chi connectivity index (χ4n) is 1.62. The summed E-state index contributed by atoms with van der Waals surface area (Å²) >= 11 is 0. The van der Waals surface area contributed by atoms with Gasteiger partial charge in [-0.1, -0.05) is 0 Å². The van der Waals surface area contributed by atoms with Crippen molar-refractivity contribution in [3.05, 3.63) is 0 Å². The summed E-state index contributed by atoms with van der Waals surface area (Å²) in [6, 6.07) is 1.98. The molecule has 2 unspecified atom stereocenters. The third kappa shape index (κ3) is 2.80. The molecule has 1 aliphatic carbocycles. The molecule has 0 spiro atoms. The molecule has 0 radical (unpaired) electrons. The van der Waals surface area contributed by atoms with E-state index in [2.05, 4.69) is 0 Å². The zero-order chi connectivity index (χ0) is 8.81. The van der Waals surface area contributed by atoms with Gasteiger partial charge >= 0.3 is 0 Å². The number of rotatable bonds is 3. The van der Waals surface area contributed by atoms with Gasteiger partial charge in [0.2, 0.25) is 0 Å². The van der Waals surface area contributed by atoms with E-state index in [4.69, 9.17) is 14.7 Å². The average molecular weight is 169 g/mol. The van der Waals surface area contributed by atoms with Crippen LogP contribution in [0.3, 0.4) is 0 Å². The predicted molar refractivity (Wildman–Crippen MR) is 44.6 cm³/mol. The molecule has 0 saturated heterocycles. The Labute approximate surface area is 73.3 Å². The lowest BCUT2D eigenvalue weighted by Gasteiger charge is -2.27. The Kier molecular flexibility index (Phi) is 4.06. The van der Waals surface area contributed by atoms with E-state index in [9.17, 15) is 0 Å². The van der Waals surface area contributed by atoms with Gasteiger partial charge in [0.05, 0.1) is 18.3 Å². The third-order valence-electron chi connectivity index (χ3n) is 2.29. The van der Waals surface area contributed by atoms with Crippen LogP contribution in [0.4, 0.5) is 0 Å². The maximum atomic E-state index is 8.31. The van der Waals surface area contributed by atoms with Crippen molar-refractivity contribution in [2.75, 3.05) is 13.7 Å². The Balaban J connectivity index is 2.22. The van der Waals surface area contributed by atoms with Crippen molar-refractivity contribution >= 4 is 0 Å². The first kappa shape index (κ1) is 9.50. The highest BCUT2D eigenvalue weighted by Crippen LogP contribution is 2.22.